The van der Waals surface area contributed by atoms with Crippen LogP contribution in [0.4, 0.5) is 34.1 Å². The fraction of sp³-hybridized carbons (Fsp3) is 0. The molecule has 8 aromatic rings. The van der Waals surface area contributed by atoms with E-state index >= 15 is 0 Å². The quantitative estimate of drug-likeness (QED) is 0.0425. The van der Waals surface area contributed by atoms with E-state index in [9.17, 15) is 24.0 Å². The largest absolute Gasteiger partial charge is 0.423 e. The van der Waals surface area contributed by atoms with Gasteiger partial charge in [0.05, 0.1) is 27.8 Å². The third-order valence-electron chi connectivity index (χ3n) is 9.31. The van der Waals surface area contributed by atoms with Crippen LogP contribution in [-0.2, 0) is 0 Å². The van der Waals surface area contributed by atoms with E-state index in [0.717, 1.165) is 0 Å². The van der Waals surface area contributed by atoms with Crippen molar-refractivity contribution in [2.45, 2.75) is 0 Å². The van der Waals surface area contributed by atoms with Gasteiger partial charge in [-0.05, 0) is 194 Å². The minimum absolute atomic E-state index is 0.311. The first-order valence-electron chi connectivity index (χ1n) is 20.6. The molecular formula is C53H44N6O10. The highest BCUT2D eigenvalue weighted by molar-refractivity contribution is 5.95. The molecule has 16 nitrogen and oxygen atoms in total. The Kier molecular flexibility index (Phi) is 16.3. The van der Waals surface area contributed by atoms with Crippen LogP contribution < -0.4 is 58.1 Å². The van der Waals surface area contributed by atoms with Crippen molar-refractivity contribution in [1.29, 1.82) is 0 Å². The Hall–Kier alpha value is -10.1. The van der Waals surface area contributed by atoms with Gasteiger partial charge in [0.15, 0.2) is 0 Å². The molecule has 8 rings (SSSR count). The van der Waals surface area contributed by atoms with E-state index < -0.39 is 29.8 Å². The number of carbonyl (C=O) groups is 5. The van der Waals surface area contributed by atoms with E-state index in [4.69, 9.17) is 58.1 Å². The topological polar surface area (TPSA) is 288 Å². The molecule has 12 N–H and O–H groups in total. The smallest absolute Gasteiger partial charge is 0.343 e. The van der Waals surface area contributed by atoms with Crippen LogP contribution in [0.25, 0.3) is 0 Å². The number of benzene rings is 8. The first-order chi connectivity index (χ1) is 33.2. The van der Waals surface area contributed by atoms with Gasteiger partial charge in [0.1, 0.15) is 28.7 Å². The summed E-state index contributed by atoms with van der Waals surface area (Å²) in [7, 11) is 0. The molecule has 0 amide bonds. The van der Waals surface area contributed by atoms with Gasteiger partial charge < -0.3 is 58.1 Å². The van der Waals surface area contributed by atoms with Crippen LogP contribution in [0.15, 0.2) is 194 Å². The van der Waals surface area contributed by atoms with Crippen LogP contribution >= 0.6 is 0 Å². The summed E-state index contributed by atoms with van der Waals surface area (Å²) in [5.41, 5.74) is 38.8. The second-order valence-corrected chi connectivity index (χ2v) is 14.6. The van der Waals surface area contributed by atoms with E-state index in [1.54, 1.807) is 170 Å². The number of rotatable bonds is 10. The second-order valence-electron chi connectivity index (χ2n) is 14.6. The van der Waals surface area contributed by atoms with Gasteiger partial charge in [0.25, 0.3) is 0 Å². The van der Waals surface area contributed by atoms with Crippen molar-refractivity contribution >= 4 is 64.0 Å². The third kappa shape index (κ3) is 15.0. The van der Waals surface area contributed by atoms with Crippen molar-refractivity contribution in [3.05, 3.63) is 222 Å². The molecule has 0 aliphatic carbocycles. The zero-order valence-electron chi connectivity index (χ0n) is 36.5. The van der Waals surface area contributed by atoms with Gasteiger partial charge in [-0.1, -0.05) is 0 Å². The predicted octanol–water partition coefficient (Wildman–Crippen LogP) is 8.65. The average molecular weight is 925 g/mol. The Morgan fingerprint density at radius 3 is 0.478 bits per heavy atom. The Labute approximate surface area is 395 Å². The summed E-state index contributed by atoms with van der Waals surface area (Å²) in [5, 5.41) is 0. The zero-order valence-corrected chi connectivity index (χ0v) is 36.5. The molecule has 0 heterocycles. The number of hydrogen-bond donors (Lipinski definition) is 6. The molecule has 0 aliphatic rings. The van der Waals surface area contributed by atoms with Crippen LogP contribution in [-0.4, -0.2) is 29.8 Å². The van der Waals surface area contributed by atoms with E-state index in [0.29, 0.717) is 90.7 Å². The van der Waals surface area contributed by atoms with Crippen LogP contribution in [0.1, 0.15) is 51.8 Å². The molecule has 0 fully saturated rings. The molecule has 8 aromatic carbocycles. The zero-order chi connectivity index (χ0) is 49.3. The van der Waals surface area contributed by atoms with Gasteiger partial charge in [-0.3, -0.25) is 0 Å². The first-order valence-corrected chi connectivity index (χ1v) is 20.6. The molecule has 0 aromatic heterocycles. The lowest BCUT2D eigenvalue weighted by Crippen LogP contribution is -2.11. The van der Waals surface area contributed by atoms with E-state index in [-0.39, 0.29) is 0 Å². The maximum absolute atomic E-state index is 12.1. The first kappa shape index (κ1) is 48.4. The molecule has 0 aliphatic heterocycles. The SMILES string of the molecule is Nc1ccc(C(=O)Oc2ccc(OC(=O)c3ccc(N)cc3)cc2)cc1.Nc1ccc(OC(=O)c2ccc(C(=O)Oc3ccc(N)cc3)cc2)cc1.Nc1ccc(OC(=O)c2ccc(N)cc2)cc1. The number of anilines is 6. The Morgan fingerprint density at radius 1 is 0.203 bits per heavy atom. The fourth-order valence-electron chi connectivity index (χ4n) is 5.61. The number of hydrogen-bond acceptors (Lipinski definition) is 16. The summed E-state index contributed by atoms with van der Waals surface area (Å²) in [6.45, 7) is 0. The molecule has 346 valence electrons. The normalized spacial score (nSPS) is 10.1. The standard InChI is InChI=1S/2C20H16N2O4.C13H12N2O2/c21-15-5-1-13(2-6-15)19(23)25-17-9-11-18(12-10-17)26-20(24)14-3-7-16(22)8-4-14;21-15-5-9-17(10-6-15)25-19(23)13-1-2-14(4-3-13)20(24)26-18-11-7-16(22)8-12-18;14-10-3-1-9(2-4-10)13(16)17-12-7-5-11(15)6-8-12/h2*1-12H,21-22H2;1-8H,14-15H2. The lowest BCUT2D eigenvalue weighted by molar-refractivity contribution is 0.0719. The summed E-state index contributed by atoms with van der Waals surface area (Å²) < 4.78 is 26.2. The molecule has 0 bridgehead atoms. The highest BCUT2D eigenvalue weighted by atomic mass is 16.6. The van der Waals surface area contributed by atoms with E-state index in [1.807, 2.05) is 0 Å². The summed E-state index contributed by atoms with van der Waals surface area (Å²) in [4.78, 5) is 60.0. The molecule has 69 heavy (non-hydrogen) atoms. The van der Waals surface area contributed by atoms with E-state index in [1.165, 1.54) is 24.3 Å². The second kappa shape index (κ2) is 23.2. The summed E-state index contributed by atoms with van der Waals surface area (Å²) >= 11 is 0. The van der Waals surface area contributed by atoms with Crippen LogP contribution in [0, 0.1) is 0 Å². The summed E-state index contributed by atoms with van der Waals surface area (Å²) in [5.74, 6) is -0.601. The number of carbonyl (C=O) groups excluding carboxylic acids is 5. The van der Waals surface area contributed by atoms with Crippen molar-refractivity contribution < 1.29 is 47.7 Å². The molecule has 0 saturated heterocycles. The Balaban J connectivity index is 0.000000174. The van der Waals surface area contributed by atoms with Crippen molar-refractivity contribution in [3.8, 4) is 28.7 Å². The van der Waals surface area contributed by atoms with Gasteiger partial charge in [0, 0.05) is 34.1 Å². The lowest BCUT2D eigenvalue weighted by Gasteiger charge is -2.07. The van der Waals surface area contributed by atoms with Gasteiger partial charge in [-0.25, -0.2) is 24.0 Å². The molecular weight excluding hydrogens is 881 g/mol. The van der Waals surface area contributed by atoms with Gasteiger partial charge in [-0.2, -0.15) is 0 Å². The van der Waals surface area contributed by atoms with Crippen molar-refractivity contribution in [1.82, 2.24) is 0 Å². The minimum Gasteiger partial charge on any atom is -0.423 e. The lowest BCUT2D eigenvalue weighted by atomic mass is 10.1. The van der Waals surface area contributed by atoms with Crippen LogP contribution in [0.3, 0.4) is 0 Å². The summed E-state index contributed by atoms with van der Waals surface area (Å²) in [6.07, 6.45) is 0. The van der Waals surface area contributed by atoms with Crippen molar-refractivity contribution in [3.63, 3.8) is 0 Å². The van der Waals surface area contributed by atoms with Crippen LogP contribution in [0.5, 0.6) is 28.7 Å². The number of esters is 5. The molecule has 16 heteroatoms. The Morgan fingerprint density at radius 2 is 0.319 bits per heavy atom. The van der Waals surface area contributed by atoms with Crippen LogP contribution in [0.2, 0.25) is 0 Å². The highest BCUT2D eigenvalue weighted by Crippen LogP contribution is 2.22. The average Bonchev–Trinajstić information content (AvgIpc) is 3.35. The number of nitrogen functional groups attached to an aromatic ring is 6. The molecule has 0 atom stereocenters. The molecule has 0 unspecified atom stereocenters. The molecule has 0 saturated carbocycles. The van der Waals surface area contributed by atoms with E-state index in [2.05, 4.69) is 0 Å². The molecule has 0 radical (unpaired) electrons. The maximum atomic E-state index is 12.1. The maximum Gasteiger partial charge on any atom is 0.343 e. The number of ether oxygens (including phenoxy) is 5. The van der Waals surface area contributed by atoms with Crippen molar-refractivity contribution in [2.75, 3.05) is 34.4 Å². The monoisotopic (exact) mass is 924 g/mol. The Bertz CT molecular complexity index is 2850. The summed E-state index contributed by atoms with van der Waals surface area (Å²) in [6, 6.07) is 51.1. The predicted molar refractivity (Wildman–Crippen MR) is 263 cm³/mol. The third-order valence-corrected chi connectivity index (χ3v) is 9.31. The van der Waals surface area contributed by atoms with Gasteiger partial charge >= 0.3 is 29.8 Å². The van der Waals surface area contributed by atoms with Crippen molar-refractivity contribution in [2.24, 2.45) is 0 Å². The highest BCUT2D eigenvalue weighted by Gasteiger charge is 2.14. The fourth-order valence-corrected chi connectivity index (χ4v) is 5.61. The molecule has 0 spiro atoms. The number of nitrogens with two attached hydrogens (primary N) is 6. The van der Waals surface area contributed by atoms with Gasteiger partial charge in [-0.15, -0.1) is 0 Å². The minimum atomic E-state index is -0.534. The van der Waals surface area contributed by atoms with Gasteiger partial charge in [0.2, 0.25) is 0 Å².